The van der Waals surface area contributed by atoms with Crippen molar-refractivity contribution >= 4 is 21.1 Å². The molecule has 2 rings (SSSR count). The third-order valence-electron chi connectivity index (χ3n) is 3.15. The summed E-state index contributed by atoms with van der Waals surface area (Å²) < 4.78 is 31.7. The van der Waals surface area contributed by atoms with E-state index >= 15 is 0 Å². The van der Waals surface area contributed by atoms with E-state index in [1.807, 2.05) is 13.8 Å². The van der Waals surface area contributed by atoms with Gasteiger partial charge in [0.1, 0.15) is 10.4 Å². The lowest BCUT2D eigenvalue weighted by atomic mass is 10.3. The summed E-state index contributed by atoms with van der Waals surface area (Å²) in [6.45, 7) is 6.88. The molecule has 1 aromatic heterocycles. The molecule has 110 valence electrons. The van der Waals surface area contributed by atoms with Gasteiger partial charge < -0.3 is 4.90 Å². The Morgan fingerprint density at radius 1 is 1.25 bits per heavy atom. The molecule has 2 aromatic rings. The summed E-state index contributed by atoms with van der Waals surface area (Å²) in [5.41, 5.74) is 0.680. The molecular formula is C12H18N4O3S. The maximum Gasteiger partial charge on any atom is 0.242 e. The number of hydrogen-bond acceptors (Lipinski definition) is 6. The zero-order valence-corrected chi connectivity index (χ0v) is 12.4. The minimum atomic E-state index is -3.61. The highest BCUT2D eigenvalue weighted by Gasteiger charge is 2.19. The molecule has 0 radical (unpaired) electrons. The van der Waals surface area contributed by atoms with Gasteiger partial charge in [0.25, 0.3) is 0 Å². The smallest absolute Gasteiger partial charge is 0.242 e. The Kier molecular flexibility index (Phi) is 4.69. The normalized spacial score (nSPS) is 12.3. The highest BCUT2D eigenvalue weighted by atomic mass is 32.2. The van der Waals surface area contributed by atoms with E-state index in [1.165, 1.54) is 6.07 Å². The summed E-state index contributed by atoms with van der Waals surface area (Å²) in [5, 5.41) is 7.29. The van der Waals surface area contributed by atoms with Gasteiger partial charge in [-0.1, -0.05) is 19.9 Å². The first-order valence-corrected chi connectivity index (χ1v) is 8.00. The summed E-state index contributed by atoms with van der Waals surface area (Å²) in [5.74, 6) is 0. The number of benzene rings is 1. The average Bonchev–Trinajstić information content (AvgIpc) is 2.91. The van der Waals surface area contributed by atoms with Gasteiger partial charge in [-0.2, -0.15) is 0 Å². The molecule has 8 heteroatoms. The van der Waals surface area contributed by atoms with Crippen molar-refractivity contribution in [1.29, 1.82) is 0 Å². The molecule has 0 spiro atoms. The van der Waals surface area contributed by atoms with Crippen LogP contribution in [0.25, 0.3) is 11.0 Å². The first kappa shape index (κ1) is 14.9. The van der Waals surface area contributed by atoms with Gasteiger partial charge >= 0.3 is 0 Å². The van der Waals surface area contributed by atoms with Crippen molar-refractivity contribution in [3.05, 3.63) is 18.2 Å². The topological polar surface area (TPSA) is 88.3 Å². The second-order valence-corrected chi connectivity index (χ2v) is 6.05. The summed E-state index contributed by atoms with van der Waals surface area (Å²) in [7, 11) is -3.61. The van der Waals surface area contributed by atoms with Gasteiger partial charge in [-0.25, -0.2) is 17.8 Å². The largest absolute Gasteiger partial charge is 0.303 e. The molecule has 0 bridgehead atoms. The Morgan fingerprint density at radius 2 is 2.00 bits per heavy atom. The van der Waals surface area contributed by atoms with Gasteiger partial charge in [0.2, 0.25) is 10.0 Å². The van der Waals surface area contributed by atoms with Crippen LogP contribution >= 0.6 is 0 Å². The van der Waals surface area contributed by atoms with Crippen LogP contribution in [0.2, 0.25) is 0 Å². The van der Waals surface area contributed by atoms with Gasteiger partial charge in [-0.15, -0.1) is 0 Å². The van der Waals surface area contributed by atoms with Gasteiger partial charge in [0.15, 0.2) is 5.52 Å². The number of sulfonamides is 1. The van der Waals surface area contributed by atoms with Crippen LogP contribution in [0, 0.1) is 0 Å². The van der Waals surface area contributed by atoms with E-state index < -0.39 is 10.0 Å². The molecule has 0 fully saturated rings. The standard InChI is InChI=1S/C12H18N4O3S/c1-3-16(4-2)9-8-13-20(17,18)11-7-5-6-10-12(11)15-19-14-10/h5-7,13H,3-4,8-9H2,1-2H3. The monoisotopic (exact) mass is 298 g/mol. The van der Waals surface area contributed by atoms with E-state index in [0.717, 1.165) is 13.1 Å². The molecule has 0 amide bonds. The number of fused-ring (bicyclic) bond motifs is 1. The van der Waals surface area contributed by atoms with Crippen LogP contribution in [0.15, 0.2) is 27.7 Å². The molecule has 0 aliphatic carbocycles. The third kappa shape index (κ3) is 3.14. The minimum absolute atomic E-state index is 0.0933. The zero-order valence-electron chi connectivity index (χ0n) is 11.5. The van der Waals surface area contributed by atoms with Crippen molar-refractivity contribution in [1.82, 2.24) is 19.9 Å². The molecule has 1 aromatic carbocycles. The molecule has 1 heterocycles. The highest BCUT2D eigenvalue weighted by Crippen LogP contribution is 2.19. The van der Waals surface area contributed by atoms with Gasteiger partial charge in [0.05, 0.1) is 0 Å². The molecule has 7 nitrogen and oxygen atoms in total. The number of nitrogens with one attached hydrogen (secondary N) is 1. The average molecular weight is 298 g/mol. The van der Waals surface area contributed by atoms with E-state index in [1.54, 1.807) is 12.1 Å². The van der Waals surface area contributed by atoms with Crippen LogP contribution in [0.4, 0.5) is 0 Å². The van der Waals surface area contributed by atoms with E-state index in [9.17, 15) is 8.42 Å². The molecule has 0 aliphatic rings. The predicted molar refractivity (Wildman–Crippen MR) is 74.8 cm³/mol. The number of rotatable bonds is 7. The quantitative estimate of drug-likeness (QED) is 0.815. The fourth-order valence-corrected chi connectivity index (χ4v) is 3.12. The number of aromatic nitrogens is 2. The van der Waals surface area contributed by atoms with E-state index in [2.05, 4.69) is 24.6 Å². The Balaban J connectivity index is 2.13. The van der Waals surface area contributed by atoms with Crippen LogP contribution in [0.5, 0.6) is 0 Å². The van der Waals surface area contributed by atoms with Crippen LogP contribution in [-0.2, 0) is 10.0 Å². The van der Waals surface area contributed by atoms with Crippen molar-refractivity contribution in [2.24, 2.45) is 0 Å². The molecule has 1 N–H and O–H groups in total. The summed E-state index contributed by atoms with van der Waals surface area (Å²) in [4.78, 5) is 2.23. The molecule has 0 aliphatic heterocycles. The van der Waals surface area contributed by atoms with Crippen molar-refractivity contribution < 1.29 is 13.0 Å². The lowest BCUT2D eigenvalue weighted by Gasteiger charge is -2.17. The summed E-state index contributed by atoms with van der Waals surface area (Å²) >= 11 is 0. The molecule has 0 saturated carbocycles. The molecular weight excluding hydrogens is 280 g/mol. The van der Waals surface area contributed by atoms with Gasteiger partial charge in [-0.05, 0) is 35.5 Å². The Labute approximate surface area is 118 Å². The SMILES string of the molecule is CCN(CC)CCNS(=O)(=O)c1cccc2nonc12. The Morgan fingerprint density at radius 3 is 2.70 bits per heavy atom. The lowest BCUT2D eigenvalue weighted by molar-refractivity contribution is 0.309. The minimum Gasteiger partial charge on any atom is -0.303 e. The van der Waals surface area contributed by atoms with E-state index in [4.69, 9.17) is 0 Å². The molecule has 0 unspecified atom stereocenters. The first-order valence-electron chi connectivity index (χ1n) is 6.51. The zero-order chi connectivity index (χ0) is 14.6. The first-order chi connectivity index (χ1) is 9.58. The maximum atomic E-state index is 12.3. The third-order valence-corrected chi connectivity index (χ3v) is 4.65. The van der Waals surface area contributed by atoms with Crippen LogP contribution < -0.4 is 4.72 Å². The van der Waals surface area contributed by atoms with Crippen LogP contribution in [0.1, 0.15) is 13.8 Å². The van der Waals surface area contributed by atoms with Crippen molar-refractivity contribution in [3.8, 4) is 0 Å². The molecule has 20 heavy (non-hydrogen) atoms. The van der Waals surface area contributed by atoms with Crippen LogP contribution in [-0.4, -0.2) is 49.8 Å². The van der Waals surface area contributed by atoms with Gasteiger partial charge in [0, 0.05) is 13.1 Å². The fourth-order valence-electron chi connectivity index (χ4n) is 1.95. The van der Waals surface area contributed by atoms with E-state index in [-0.39, 0.29) is 10.4 Å². The molecule has 0 atom stereocenters. The van der Waals surface area contributed by atoms with Crippen molar-refractivity contribution in [3.63, 3.8) is 0 Å². The van der Waals surface area contributed by atoms with Crippen LogP contribution in [0.3, 0.4) is 0 Å². The second kappa shape index (κ2) is 6.29. The van der Waals surface area contributed by atoms with Gasteiger partial charge in [-0.3, -0.25) is 0 Å². The lowest BCUT2D eigenvalue weighted by Crippen LogP contribution is -2.34. The highest BCUT2D eigenvalue weighted by molar-refractivity contribution is 7.89. The Hall–Kier alpha value is -1.51. The predicted octanol–water partition coefficient (Wildman–Crippen LogP) is 0.843. The maximum absolute atomic E-state index is 12.3. The van der Waals surface area contributed by atoms with Crippen molar-refractivity contribution in [2.75, 3.05) is 26.2 Å². The second-order valence-electron chi connectivity index (χ2n) is 4.31. The summed E-state index contributed by atoms with van der Waals surface area (Å²) in [6, 6.07) is 4.76. The number of likely N-dealkylation sites (N-methyl/N-ethyl adjacent to an activating group) is 1. The van der Waals surface area contributed by atoms with E-state index in [0.29, 0.717) is 18.6 Å². The summed E-state index contributed by atoms with van der Waals surface area (Å²) in [6.07, 6.45) is 0. The fraction of sp³-hybridized carbons (Fsp3) is 0.500. The number of nitrogens with zero attached hydrogens (tertiary/aromatic N) is 3. The molecule has 0 saturated heterocycles. The Bertz CT molecular complexity index is 664. The number of hydrogen-bond donors (Lipinski definition) is 1. The van der Waals surface area contributed by atoms with Crippen molar-refractivity contribution in [2.45, 2.75) is 18.7 Å².